The molecule has 0 bridgehead atoms. The Morgan fingerprint density at radius 2 is 1.85 bits per heavy atom. The van der Waals surface area contributed by atoms with E-state index in [9.17, 15) is 9.59 Å². The van der Waals surface area contributed by atoms with Crippen molar-refractivity contribution in [3.05, 3.63) is 23.2 Å². The van der Waals surface area contributed by atoms with Gasteiger partial charge in [0.15, 0.2) is 0 Å². The minimum absolute atomic E-state index is 0.207. The summed E-state index contributed by atoms with van der Waals surface area (Å²) >= 11 is 6.04. The molecular weight excluding hydrogens is 278 g/mol. The second kappa shape index (κ2) is 6.72. The summed E-state index contributed by atoms with van der Waals surface area (Å²) in [6.45, 7) is 5.14. The molecule has 1 rings (SSSR count). The van der Waals surface area contributed by atoms with Crippen molar-refractivity contribution in [2.45, 2.75) is 39.2 Å². The highest BCUT2D eigenvalue weighted by Gasteiger charge is 2.29. The van der Waals surface area contributed by atoms with Crippen molar-refractivity contribution < 1.29 is 9.59 Å². The van der Waals surface area contributed by atoms with Crippen LogP contribution >= 0.6 is 11.6 Å². The van der Waals surface area contributed by atoms with Crippen molar-refractivity contribution in [1.29, 1.82) is 0 Å². The fourth-order valence-corrected chi connectivity index (χ4v) is 1.94. The van der Waals surface area contributed by atoms with E-state index in [-0.39, 0.29) is 11.8 Å². The van der Waals surface area contributed by atoms with Gasteiger partial charge in [0.25, 0.3) is 0 Å². The zero-order valence-electron chi connectivity index (χ0n) is 11.9. The minimum Gasteiger partial charge on any atom is -0.325 e. The van der Waals surface area contributed by atoms with Gasteiger partial charge in [0, 0.05) is 12.6 Å². The van der Waals surface area contributed by atoms with Crippen LogP contribution in [0, 0.1) is 0 Å². The van der Waals surface area contributed by atoms with Crippen LogP contribution in [0.5, 0.6) is 0 Å². The number of carbonyl (C=O) groups is 2. The van der Waals surface area contributed by atoms with E-state index in [2.05, 4.69) is 10.6 Å². The van der Waals surface area contributed by atoms with Crippen molar-refractivity contribution in [2.75, 3.05) is 10.6 Å². The van der Waals surface area contributed by atoms with Gasteiger partial charge in [0.1, 0.15) is 0 Å². The lowest BCUT2D eigenvalue weighted by Gasteiger charge is -2.25. The molecule has 6 heteroatoms. The molecular formula is C14H20ClN3O2. The van der Waals surface area contributed by atoms with E-state index in [4.69, 9.17) is 17.3 Å². The monoisotopic (exact) mass is 297 g/mol. The first-order chi connectivity index (χ1) is 9.32. The molecule has 4 N–H and O–H groups in total. The maximum Gasteiger partial charge on any atom is 0.244 e. The molecule has 0 aliphatic carbocycles. The van der Waals surface area contributed by atoms with E-state index >= 15 is 0 Å². The molecule has 0 heterocycles. The third-order valence-corrected chi connectivity index (χ3v) is 3.56. The molecule has 0 saturated carbocycles. The van der Waals surface area contributed by atoms with Crippen molar-refractivity contribution in [1.82, 2.24) is 0 Å². The van der Waals surface area contributed by atoms with Gasteiger partial charge < -0.3 is 16.4 Å². The molecule has 0 fully saturated rings. The molecule has 0 aliphatic heterocycles. The predicted molar refractivity (Wildman–Crippen MR) is 81.9 cm³/mol. The van der Waals surface area contributed by atoms with E-state index < -0.39 is 5.54 Å². The summed E-state index contributed by atoms with van der Waals surface area (Å²) in [6, 6.07) is 4.88. The van der Waals surface area contributed by atoms with Gasteiger partial charge in [-0.25, -0.2) is 0 Å². The highest BCUT2D eigenvalue weighted by molar-refractivity contribution is 6.34. The van der Waals surface area contributed by atoms with E-state index in [1.54, 1.807) is 18.2 Å². The Morgan fingerprint density at radius 1 is 1.25 bits per heavy atom. The average Bonchev–Trinajstić information content (AvgIpc) is 2.40. The van der Waals surface area contributed by atoms with Crippen molar-refractivity contribution in [3.8, 4) is 0 Å². The second-order valence-corrected chi connectivity index (χ2v) is 5.10. The molecule has 0 unspecified atom stereocenters. The van der Waals surface area contributed by atoms with Crippen LogP contribution in [0.2, 0.25) is 5.02 Å². The molecule has 0 radical (unpaired) electrons. The number of carbonyl (C=O) groups excluding carboxylic acids is 2. The molecule has 2 amide bonds. The quantitative estimate of drug-likeness (QED) is 0.781. The van der Waals surface area contributed by atoms with Gasteiger partial charge in [-0.05, 0) is 31.0 Å². The zero-order valence-corrected chi connectivity index (χ0v) is 12.7. The Hall–Kier alpha value is -1.59. The van der Waals surface area contributed by atoms with Crippen LogP contribution in [0.25, 0.3) is 0 Å². The number of rotatable bonds is 5. The normalized spacial score (nSPS) is 11.1. The van der Waals surface area contributed by atoms with E-state index in [1.807, 2.05) is 13.8 Å². The molecule has 20 heavy (non-hydrogen) atoms. The van der Waals surface area contributed by atoms with Crippen LogP contribution in [0.1, 0.15) is 33.6 Å². The molecule has 0 spiro atoms. The number of halogens is 1. The first kappa shape index (κ1) is 16.5. The summed E-state index contributed by atoms with van der Waals surface area (Å²) in [6.07, 6.45) is 1.10. The van der Waals surface area contributed by atoms with Crippen LogP contribution < -0.4 is 16.4 Å². The summed E-state index contributed by atoms with van der Waals surface area (Å²) in [5.41, 5.74) is 6.18. The number of benzene rings is 1. The summed E-state index contributed by atoms with van der Waals surface area (Å²) in [7, 11) is 0. The van der Waals surface area contributed by atoms with Crippen LogP contribution in [0.15, 0.2) is 18.2 Å². The molecule has 1 aromatic carbocycles. The topological polar surface area (TPSA) is 84.2 Å². The second-order valence-electron chi connectivity index (χ2n) is 4.69. The minimum atomic E-state index is -0.886. The third kappa shape index (κ3) is 3.95. The first-order valence-electron chi connectivity index (χ1n) is 6.50. The number of nitrogens with one attached hydrogen (secondary N) is 2. The Morgan fingerprint density at radius 3 is 2.30 bits per heavy atom. The average molecular weight is 298 g/mol. The summed E-state index contributed by atoms with van der Waals surface area (Å²) < 4.78 is 0. The highest BCUT2D eigenvalue weighted by Crippen LogP contribution is 2.26. The van der Waals surface area contributed by atoms with Gasteiger partial charge in [-0.15, -0.1) is 0 Å². The van der Waals surface area contributed by atoms with Crippen LogP contribution in [0.4, 0.5) is 11.4 Å². The third-order valence-electron chi connectivity index (χ3n) is 3.25. The fourth-order valence-electron chi connectivity index (χ4n) is 1.71. The lowest BCUT2D eigenvalue weighted by molar-refractivity contribution is -0.121. The van der Waals surface area contributed by atoms with Crippen LogP contribution in [0.3, 0.4) is 0 Å². The predicted octanol–water partition coefficient (Wildman–Crippen LogP) is 2.75. The summed E-state index contributed by atoms with van der Waals surface area (Å²) in [4.78, 5) is 23.1. The van der Waals surface area contributed by atoms with Gasteiger partial charge >= 0.3 is 0 Å². The van der Waals surface area contributed by atoms with Gasteiger partial charge in [0.2, 0.25) is 11.8 Å². The standard InChI is InChI=1S/C14H20ClN3O2/c1-4-14(16,5-2)13(20)18-10-6-7-12(11(15)8-10)17-9(3)19/h6-8H,4-5,16H2,1-3H3,(H,17,19)(H,18,20). The molecule has 0 aliphatic rings. The SMILES string of the molecule is CCC(N)(CC)C(=O)Nc1ccc(NC(C)=O)c(Cl)c1. The number of nitrogens with two attached hydrogens (primary N) is 1. The summed E-state index contributed by atoms with van der Waals surface area (Å²) in [5.74, 6) is -0.451. The largest absolute Gasteiger partial charge is 0.325 e. The molecule has 0 atom stereocenters. The van der Waals surface area contributed by atoms with Gasteiger partial charge in [0.05, 0.1) is 16.2 Å². The lowest BCUT2D eigenvalue weighted by atomic mass is 9.93. The Balaban J connectivity index is 2.87. The Bertz CT molecular complexity index is 513. The Kier molecular flexibility index (Phi) is 5.53. The van der Waals surface area contributed by atoms with E-state index in [1.165, 1.54) is 6.92 Å². The van der Waals surface area contributed by atoms with Crippen molar-refractivity contribution in [3.63, 3.8) is 0 Å². The molecule has 0 aromatic heterocycles. The van der Waals surface area contributed by atoms with E-state index in [0.717, 1.165) is 0 Å². The molecule has 0 saturated heterocycles. The number of hydrogen-bond donors (Lipinski definition) is 3. The lowest BCUT2D eigenvalue weighted by Crippen LogP contribution is -2.50. The van der Waals surface area contributed by atoms with Crippen LogP contribution in [-0.2, 0) is 9.59 Å². The molecule has 110 valence electrons. The van der Waals surface area contributed by atoms with Crippen molar-refractivity contribution in [2.24, 2.45) is 5.73 Å². The maximum atomic E-state index is 12.1. The number of amides is 2. The zero-order chi connectivity index (χ0) is 15.3. The Labute approximate surface area is 123 Å². The van der Waals surface area contributed by atoms with Crippen LogP contribution in [-0.4, -0.2) is 17.4 Å². The smallest absolute Gasteiger partial charge is 0.244 e. The maximum absolute atomic E-state index is 12.1. The van der Waals surface area contributed by atoms with Gasteiger partial charge in [-0.3, -0.25) is 9.59 Å². The first-order valence-corrected chi connectivity index (χ1v) is 6.87. The molecule has 1 aromatic rings. The van der Waals surface area contributed by atoms with Gasteiger partial charge in [-0.2, -0.15) is 0 Å². The number of anilines is 2. The van der Waals surface area contributed by atoms with Gasteiger partial charge in [-0.1, -0.05) is 25.4 Å². The number of hydrogen-bond acceptors (Lipinski definition) is 3. The fraction of sp³-hybridized carbons (Fsp3) is 0.429. The van der Waals surface area contributed by atoms with E-state index in [0.29, 0.717) is 29.2 Å². The summed E-state index contributed by atoms with van der Waals surface area (Å²) in [5, 5.41) is 5.70. The highest BCUT2D eigenvalue weighted by atomic mass is 35.5. The molecule has 5 nitrogen and oxygen atoms in total. The van der Waals surface area contributed by atoms with Crippen molar-refractivity contribution >= 4 is 34.8 Å².